The van der Waals surface area contributed by atoms with E-state index < -0.39 is 0 Å². The molecule has 0 unspecified atom stereocenters. The smallest absolute Gasteiger partial charge is 0.255 e. The Morgan fingerprint density at radius 2 is 2.11 bits per heavy atom. The second-order valence-electron chi connectivity index (χ2n) is 9.12. The molecule has 1 spiro atoms. The molecule has 0 aliphatic carbocycles. The maximum atomic E-state index is 14.4. The van der Waals surface area contributed by atoms with E-state index in [0.29, 0.717) is 53.7 Å². The largest absolute Gasteiger partial charge is 0.489 e. The molecule has 9 heteroatoms. The van der Waals surface area contributed by atoms with E-state index in [1.165, 1.54) is 6.07 Å². The lowest BCUT2D eigenvalue weighted by molar-refractivity contribution is 0.0916. The van der Waals surface area contributed by atoms with Crippen molar-refractivity contribution < 1.29 is 18.7 Å². The Bertz CT molecular complexity index is 1240. The van der Waals surface area contributed by atoms with E-state index in [-0.39, 0.29) is 17.1 Å². The Balaban J connectivity index is 1.69. The standard InChI is InChI=1S/C26H30FN5O3/c1-16-18(27)5-3-6-19(16)31-23-21-24(26(15-30-25(21)33)8-4-9-29-14-26)32-22(23)17-7-10-28-13-20(17)35-12-11-34-2/h3,5-7,10,13,29,31-32H,4,8-9,11-12,14-15H2,1-2H3,(H,30,33)/t26-/m0/s1. The second kappa shape index (κ2) is 9.67. The zero-order valence-electron chi connectivity index (χ0n) is 20.0. The van der Waals surface area contributed by atoms with Gasteiger partial charge in [-0.3, -0.25) is 9.78 Å². The Labute approximate surface area is 203 Å². The number of carbonyl (C=O) groups is 1. The molecule has 1 fully saturated rings. The van der Waals surface area contributed by atoms with Crippen LogP contribution in [0.2, 0.25) is 0 Å². The molecular weight excluding hydrogens is 449 g/mol. The number of hydrogen-bond donors (Lipinski definition) is 4. The van der Waals surface area contributed by atoms with Crippen molar-refractivity contribution in [2.45, 2.75) is 25.2 Å². The van der Waals surface area contributed by atoms with Crippen LogP contribution in [0.3, 0.4) is 0 Å². The van der Waals surface area contributed by atoms with Gasteiger partial charge in [-0.05, 0) is 44.5 Å². The molecule has 0 bridgehead atoms. The van der Waals surface area contributed by atoms with Gasteiger partial charge in [0.05, 0.1) is 29.7 Å². The number of hydrogen-bond acceptors (Lipinski definition) is 6. The van der Waals surface area contributed by atoms with E-state index in [9.17, 15) is 9.18 Å². The number of methoxy groups -OCH3 is 1. The number of pyridine rings is 1. The third-order valence-corrected chi connectivity index (χ3v) is 6.94. The quantitative estimate of drug-likeness (QED) is 0.386. The number of fused-ring (bicyclic) bond motifs is 2. The highest BCUT2D eigenvalue weighted by atomic mass is 19.1. The van der Waals surface area contributed by atoms with Crippen LogP contribution in [0, 0.1) is 12.7 Å². The highest BCUT2D eigenvalue weighted by Gasteiger charge is 2.44. The summed E-state index contributed by atoms with van der Waals surface area (Å²) in [6.45, 7) is 4.77. The van der Waals surface area contributed by atoms with Crippen LogP contribution in [0.4, 0.5) is 15.8 Å². The zero-order chi connectivity index (χ0) is 24.4. The minimum atomic E-state index is -0.314. The summed E-state index contributed by atoms with van der Waals surface area (Å²) >= 11 is 0. The topological polar surface area (TPSA) is 100 Å². The predicted molar refractivity (Wildman–Crippen MR) is 132 cm³/mol. The van der Waals surface area contributed by atoms with Gasteiger partial charge >= 0.3 is 0 Å². The number of piperidine rings is 1. The van der Waals surface area contributed by atoms with Gasteiger partial charge in [-0.15, -0.1) is 0 Å². The minimum Gasteiger partial charge on any atom is -0.489 e. The molecule has 1 aromatic carbocycles. The van der Waals surface area contributed by atoms with Crippen LogP contribution in [0.25, 0.3) is 11.3 Å². The fraction of sp³-hybridized carbons (Fsp3) is 0.385. The Hall–Kier alpha value is -3.43. The molecule has 0 saturated carbocycles. The maximum absolute atomic E-state index is 14.4. The molecule has 4 N–H and O–H groups in total. The number of ether oxygens (including phenoxy) is 2. The van der Waals surface area contributed by atoms with Crippen LogP contribution in [0.15, 0.2) is 36.7 Å². The van der Waals surface area contributed by atoms with Gasteiger partial charge in [0.1, 0.15) is 18.2 Å². The third-order valence-electron chi connectivity index (χ3n) is 6.94. The van der Waals surface area contributed by atoms with Gasteiger partial charge in [-0.25, -0.2) is 4.39 Å². The molecule has 8 nitrogen and oxygen atoms in total. The first-order valence-corrected chi connectivity index (χ1v) is 11.9. The number of nitrogens with one attached hydrogen (secondary N) is 4. The molecule has 184 valence electrons. The number of amides is 1. The molecule has 4 heterocycles. The molecule has 2 aliphatic heterocycles. The molecule has 1 saturated heterocycles. The lowest BCUT2D eigenvalue weighted by Gasteiger charge is -2.40. The van der Waals surface area contributed by atoms with Crippen molar-refractivity contribution in [1.29, 1.82) is 0 Å². The highest BCUT2D eigenvalue weighted by Crippen LogP contribution is 2.45. The summed E-state index contributed by atoms with van der Waals surface area (Å²) in [5.41, 5.74) is 4.32. The molecule has 2 aliphatic rings. The number of aromatic amines is 1. The molecule has 35 heavy (non-hydrogen) atoms. The molecule has 1 amide bonds. The number of anilines is 2. The van der Waals surface area contributed by atoms with Crippen LogP contribution in [-0.2, 0) is 10.2 Å². The van der Waals surface area contributed by atoms with Crippen molar-refractivity contribution in [2.24, 2.45) is 0 Å². The molecule has 0 radical (unpaired) electrons. The summed E-state index contributed by atoms with van der Waals surface area (Å²) in [5.74, 6) is 0.0930. The van der Waals surface area contributed by atoms with E-state index in [2.05, 4.69) is 25.9 Å². The van der Waals surface area contributed by atoms with Gasteiger partial charge in [0.25, 0.3) is 5.91 Å². The fourth-order valence-electron chi connectivity index (χ4n) is 5.02. The molecule has 3 aromatic rings. The van der Waals surface area contributed by atoms with E-state index in [1.54, 1.807) is 32.5 Å². The number of H-pyrrole nitrogens is 1. The summed E-state index contributed by atoms with van der Waals surface area (Å²) in [7, 11) is 1.62. The zero-order valence-corrected chi connectivity index (χ0v) is 20.0. The van der Waals surface area contributed by atoms with Crippen molar-refractivity contribution in [1.82, 2.24) is 20.6 Å². The van der Waals surface area contributed by atoms with E-state index in [4.69, 9.17) is 9.47 Å². The van der Waals surface area contributed by atoms with Crippen LogP contribution in [-0.4, -0.2) is 55.8 Å². The van der Waals surface area contributed by atoms with Crippen LogP contribution in [0.1, 0.15) is 34.5 Å². The third kappa shape index (κ3) is 4.26. The number of aromatic nitrogens is 2. The molecule has 1 atom stereocenters. The lowest BCUT2D eigenvalue weighted by atomic mass is 9.74. The monoisotopic (exact) mass is 479 g/mol. The Kier molecular flexibility index (Phi) is 6.44. The number of nitrogens with zero attached hydrogens (tertiary/aromatic N) is 1. The van der Waals surface area contributed by atoms with Crippen molar-refractivity contribution in [2.75, 3.05) is 45.3 Å². The second-order valence-corrected chi connectivity index (χ2v) is 9.12. The first kappa shape index (κ1) is 23.3. The molecule has 5 rings (SSSR count). The average Bonchev–Trinajstić information content (AvgIpc) is 3.26. The van der Waals surface area contributed by atoms with Crippen molar-refractivity contribution >= 4 is 17.3 Å². The van der Waals surface area contributed by atoms with Crippen LogP contribution >= 0.6 is 0 Å². The van der Waals surface area contributed by atoms with Gasteiger partial charge in [-0.2, -0.15) is 0 Å². The molecule has 2 aromatic heterocycles. The summed E-state index contributed by atoms with van der Waals surface area (Å²) in [5, 5.41) is 9.97. The fourth-order valence-corrected chi connectivity index (χ4v) is 5.02. The van der Waals surface area contributed by atoms with Gasteiger partial charge in [0.15, 0.2) is 0 Å². The highest BCUT2D eigenvalue weighted by molar-refractivity contribution is 6.07. The number of rotatable bonds is 7. The van der Waals surface area contributed by atoms with Crippen molar-refractivity contribution in [3.8, 4) is 17.0 Å². The van der Waals surface area contributed by atoms with E-state index >= 15 is 0 Å². The number of benzene rings is 1. The van der Waals surface area contributed by atoms with E-state index in [0.717, 1.165) is 37.2 Å². The van der Waals surface area contributed by atoms with E-state index in [1.807, 2.05) is 12.1 Å². The van der Waals surface area contributed by atoms with Crippen molar-refractivity contribution in [3.63, 3.8) is 0 Å². The van der Waals surface area contributed by atoms with Crippen molar-refractivity contribution in [3.05, 3.63) is 59.3 Å². The first-order chi connectivity index (χ1) is 17.0. The van der Waals surface area contributed by atoms with Gasteiger partial charge in [0, 0.05) is 54.3 Å². The SMILES string of the molecule is COCCOc1cnccc1-c1[nH]c2c(c1Nc1cccc(F)c1C)C(=O)NC[C@@]21CCCNC1. The van der Waals surface area contributed by atoms with Gasteiger partial charge < -0.3 is 30.4 Å². The van der Waals surface area contributed by atoms with Gasteiger partial charge in [-0.1, -0.05) is 6.07 Å². The summed E-state index contributed by atoms with van der Waals surface area (Å²) in [6.07, 6.45) is 5.29. The summed E-state index contributed by atoms with van der Waals surface area (Å²) in [4.78, 5) is 21.1. The Morgan fingerprint density at radius 1 is 1.23 bits per heavy atom. The van der Waals surface area contributed by atoms with Crippen LogP contribution < -0.4 is 20.7 Å². The summed E-state index contributed by atoms with van der Waals surface area (Å²) in [6, 6.07) is 6.74. The Morgan fingerprint density at radius 3 is 2.91 bits per heavy atom. The van der Waals surface area contributed by atoms with Crippen LogP contribution in [0.5, 0.6) is 5.75 Å². The predicted octanol–water partition coefficient (Wildman–Crippen LogP) is 3.66. The molecular formula is C26H30FN5O3. The first-order valence-electron chi connectivity index (χ1n) is 11.9. The summed E-state index contributed by atoms with van der Waals surface area (Å²) < 4.78 is 25.5. The maximum Gasteiger partial charge on any atom is 0.255 e. The number of halogens is 1. The minimum absolute atomic E-state index is 0.161. The number of carbonyl (C=O) groups excluding carboxylic acids is 1. The normalized spacial score (nSPS) is 19.3. The lowest BCUT2D eigenvalue weighted by Crippen LogP contribution is -2.54. The average molecular weight is 480 g/mol. The van der Waals surface area contributed by atoms with Gasteiger partial charge in [0.2, 0.25) is 0 Å².